The van der Waals surface area contributed by atoms with Crippen molar-refractivity contribution >= 4 is 17.3 Å². The Hall–Kier alpha value is -2.13. The topological polar surface area (TPSA) is 76.2 Å². The Morgan fingerprint density at radius 1 is 1.56 bits per heavy atom. The van der Waals surface area contributed by atoms with Crippen LogP contribution in [0.5, 0.6) is 0 Å². The van der Waals surface area contributed by atoms with Crippen molar-refractivity contribution in [2.45, 2.75) is 6.92 Å². The summed E-state index contributed by atoms with van der Waals surface area (Å²) in [6.07, 6.45) is 0. The molecule has 0 radical (unpaired) electrons. The van der Waals surface area contributed by atoms with E-state index in [2.05, 4.69) is 22.0 Å². The number of rotatable bonds is 1. The summed E-state index contributed by atoms with van der Waals surface area (Å²) in [5.41, 5.74) is 0.481. The summed E-state index contributed by atoms with van der Waals surface area (Å²) in [5.74, 6) is 4.48. The smallest absolute Gasteiger partial charge is 0.358 e. The van der Waals surface area contributed by atoms with Crippen molar-refractivity contribution in [1.29, 1.82) is 0 Å². The van der Waals surface area contributed by atoms with E-state index < -0.39 is 5.97 Å². The van der Waals surface area contributed by atoms with Gasteiger partial charge in [0.25, 0.3) is 0 Å². The van der Waals surface area contributed by atoms with Crippen LogP contribution in [0.3, 0.4) is 0 Å². The van der Waals surface area contributed by atoms with Gasteiger partial charge in [0.05, 0.1) is 5.01 Å². The van der Waals surface area contributed by atoms with Crippen LogP contribution in [0.25, 0.3) is 0 Å². The van der Waals surface area contributed by atoms with Crippen LogP contribution >= 0.6 is 11.3 Å². The molecule has 2 rings (SSSR count). The predicted octanol–water partition coefficient (Wildman–Crippen LogP) is 1.54. The van der Waals surface area contributed by atoms with E-state index in [1.165, 1.54) is 17.4 Å². The molecule has 80 valence electrons. The predicted molar refractivity (Wildman–Crippen MR) is 56.3 cm³/mol. The molecule has 2 aromatic heterocycles. The minimum absolute atomic E-state index is 0.154. The summed E-state index contributed by atoms with van der Waals surface area (Å²) in [5, 5.41) is 14.7. The van der Waals surface area contributed by atoms with Crippen LogP contribution in [0.1, 0.15) is 27.0 Å². The Bertz CT molecular complexity index is 588. The summed E-state index contributed by atoms with van der Waals surface area (Å²) in [6.45, 7) is 1.88. The number of hydrogen-bond donors (Lipinski definition) is 1. The van der Waals surface area contributed by atoms with Gasteiger partial charge >= 0.3 is 5.97 Å². The van der Waals surface area contributed by atoms with Gasteiger partial charge in [-0.05, 0) is 18.8 Å². The lowest BCUT2D eigenvalue weighted by molar-refractivity contribution is 0.0685. The molecule has 1 N–H and O–H groups in total. The molecule has 0 spiro atoms. The number of aromatic nitrogens is 2. The highest BCUT2D eigenvalue weighted by molar-refractivity contribution is 7.09. The van der Waals surface area contributed by atoms with E-state index in [-0.39, 0.29) is 11.5 Å². The normalized spacial score (nSPS) is 9.56. The maximum atomic E-state index is 10.5. The van der Waals surface area contributed by atoms with E-state index in [0.29, 0.717) is 5.69 Å². The molecule has 0 atom stereocenters. The zero-order valence-corrected chi connectivity index (χ0v) is 9.04. The van der Waals surface area contributed by atoms with Gasteiger partial charge < -0.3 is 9.63 Å². The molecule has 5 nitrogen and oxygen atoms in total. The van der Waals surface area contributed by atoms with Gasteiger partial charge in [0.1, 0.15) is 5.69 Å². The Labute approximate surface area is 94.7 Å². The number of carbonyl (C=O) groups is 1. The molecule has 2 heterocycles. The fraction of sp³-hybridized carbons (Fsp3) is 0.100. The maximum Gasteiger partial charge on any atom is 0.358 e. The minimum Gasteiger partial charge on any atom is -0.476 e. The first-order valence-electron chi connectivity index (χ1n) is 4.29. The Morgan fingerprint density at radius 2 is 2.38 bits per heavy atom. The van der Waals surface area contributed by atoms with E-state index in [1.807, 2.05) is 12.3 Å². The standard InChI is InChI=1S/C10H6N2O3S/c1-6-11-7(5-16-6)2-3-8-4-9(10(13)14)12-15-8/h4-5H,1H3,(H,13,14). The first-order chi connectivity index (χ1) is 7.65. The fourth-order valence-electron chi connectivity index (χ4n) is 0.981. The zero-order valence-electron chi connectivity index (χ0n) is 8.22. The van der Waals surface area contributed by atoms with Gasteiger partial charge in [-0.1, -0.05) is 5.16 Å². The Kier molecular flexibility index (Phi) is 2.70. The molecule has 0 aliphatic carbocycles. The van der Waals surface area contributed by atoms with Crippen molar-refractivity contribution in [1.82, 2.24) is 10.1 Å². The lowest BCUT2D eigenvalue weighted by Crippen LogP contribution is -1.94. The minimum atomic E-state index is -1.14. The summed E-state index contributed by atoms with van der Waals surface area (Å²) in [6, 6.07) is 1.27. The lowest BCUT2D eigenvalue weighted by atomic mass is 10.3. The molecule has 16 heavy (non-hydrogen) atoms. The number of aryl methyl sites for hydroxylation is 1. The molecule has 0 unspecified atom stereocenters. The van der Waals surface area contributed by atoms with Crippen molar-refractivity contribution in [3.8, 4) is 11.8 Å². The third-order valence-corrected chi connectivity index (χ3v) is 2.44. The van der Waals surface area contributed by atoms with E-state index >= 15 is 0 Å². The third-order valence-electron chi connectivity index (χ3n) is 1.66. The second kappa shape index (κ2) is 4.16. The number of hydrogen-bond acceptors (Lipinski definition) is 5. The number of nitrogens with zero attached hydrogens (tertiary/aromatic N) is 2. The third kappa shape index (κ3) is 2.27. The molecule has 0 bridgehead atoms. The molecule has 6 heteroatoms. The van der Waals surface area contributed by atoms with Crippen LogP contribution < -0.4 is 0 Å². The molecule has 2 aromatic rings. The van der Waals surface area contributed by atoms with Gasteiger partial charge in [-0.3, -0.25) is 0 Å². The average molecular weight is 234 g/mol. The van der Waals surface area contributed by atoms with Crippen LogP contribution in [0.2, 0.25) is 0 Å². The van der Waals surface area contributed by atoms with Gasteiger partial charge in [-0.25, -0.2) is 9.78 Å². The fourth-order valence-corrected chi connectivity index (χ4v) is 1.53. The quantitative estimate of drug-likeness (QED) is 0.757. The van der Waals surface area contributed by atoms with Gasteiger partial charge in [0.2, 0.25) is 5.76 Å². The molecule has 0 saturated heterocycles. The van der Waals surface area contributed by atoms with Crippen molar-refractivity contribution in [2.75, 3.05) is 0 Å². The number of thiazole rings is 1. The van der Waals surface area contributed by atoms with Crippen LogP contribution in [-0.2, 0) is 0 Å². The largest absolute Gasteiger partial charge is 0.476 e. The van der Waals surface area contributed by atoms with Crippen LogP contribution in [0.15, 0.2) is 16.0 Å². The van der Waals surface area contributed by atoms with Gasteiger partial charge in [0.15, 0.2) is 5.69 Å². The molecule has 0 aliphatic rings. The highest BCUT2D eigenvalue weighted by atomic mass is 32.1. The number of carboxylic acids is 1. The number of aromatic carboxylic acids is 1. The maximum absolute atomic E-state index is 10.5. The molecule has 0 amide bonds. The van der Waals surface area contributed by atoms with E-state index in [9.17, 15) is 4.79 Å². The summed E-state index contributed by atoms with van der Waals surface area (Å²) >= 11 is 1.50. The van der Waals surface area contributed by atoms with E-state index in [4.69, 9.17) is 9.63 Å². The van der Waals surface area contributed by atoms with Crippen molar-refractivity contribution in [3.63, 3.8) is 0 Å². The van der Waals surface area contributed by atoms with E-state index in [0.717, 1.165) is 5.01 Å². The highest BCUT2D eigenvalue weighted by Gasteiger charge is 2.08. The molecule has 0 fully saturated rings. The van der Waals surface area contributed by atoms with Crippen LogP contribution in [-0.4, -0.2) is 21.2 Å². The highest BCUT2D eigenvalue weighted by Crippen LogP contribution is 2.07. The zero-order chi connectivity index (χ0) is 11.5. The van der Waals surface area contributed by atoms with Gasteiger partial charge in [-0.2, -0.15) is 0 Å². The second-order valence-corrected chi connectivity index (χ2v) is 3.95. The summed E-state index contributed by atoms with van der Waals surface area (Å²) < 4.78 is 4.73. The Balaban J connectivity index is 2.21. The molecular formula is C10H6N2O3S. The van der Waals surface area contributed by atoms with Gasteiger partial charge in [0, 0.05) is 11.4 Å². The van der Waals surface area contributed by atoms with Gasteiger partial charge in [-0.15, -0.1) is 11.3 Å². The summed E-state index contributed by atoms with van der Waals surface area (Å²) in [7, 11) is 0. The first kappa shape index (κ1) is 10.4. The average Bonchev–Trinajstić information content (AvgIpc) is 2.83. The SMILES string of the molecule is Cc1nc(C#Cc2cc(C(=O)O)no2)cs1. The molecule has 0 saturated carbocycles. The summed E-state index contributed by atoms with van der Waals surface area (Å²) in [4.78, 5) is 14.6. The first-order valence-corrected chi connectivity index (χ1v) is 5.17. The van der Waals surface area contributed by atoms with Crippen molar-refractivity contribution in [3.05, 3.63) is 33.6 Å². The second-order valence-electron chi connectivity index (χ2n) is 2.88. The van der Waals surface area contributed by atoms with Crippen LogP contribution in [0, 0.1) is 18.8 Å². The molecule has 0 aliphatic heterocycles. The van der Waals surface area contributed by atoms with Crippen LogP contribution in [0.4, 0.5) is 0 Å². The van der Waals surface area contributed by atoms with E-state index in [1.54, 1.807) is 0 Å². The Morgan fingerprint density at radius 3 is 2.94 bits per heavy atom. The monoisotopic (exact) mass is 234 g/mol. The van der Waals surface area contributed by atoms with Crippen molar-refractivity contribution in [2.24, 2.45) is 0 Å². The molecular weight excluding hydrogens is 228 g/mol. The molecule has 0 aromatic carbocycles. The number of carboxylic acid groups (broad SMARTS) is 1. The van der Waals surface area contributed by atoms with Crippen molar-refractivity contribution < 1.29 is 14.4 Å². The lowest BCUT2D eigenvalue weighted by Gasteiger charge is -1.76.